The third-order valence-corrected chi connectivity index (χ3v) is 4.65. The monoisotopic (exact) mass is 280 g/mol. The number of primary sulfonamides is 1. The summed E-state index contributed by atoms with van der Waals surface area (Å²) in [5.41, 5.74) is 0. The predicted molar refractivity (Wildman–Crippen MR) is 70.3 cm³/mol. The van der Waals surface area contributed by atoms with E-state index >= 15 is 0 Å². The minimum Gasteiger partial charge on any atom is -0.356 e. The van der Waals surface area contributed by atoms with Gasteiger partial charge in [0.05, 0.1) is 5.75 Å². The molecule has 100 valence electrons. The van der Waals surface area contributed by atoms with Crippen molar-refractivity contribution in [3.8, 4) is 0 Å². The molecule has 7 heteroatoms. The van der Waals surface area contributed by atoms with Crippen molar-refractivity contribution in [2.24, 2.45) is 11.1 Å². The maximum atomic E-state index is 11.5. The zero-order chi connectivity index (χ0) is 12.7. The Hall–Kier alpha value is -0.270. The second kappa shape index (κ2) is 7.23. The van der Waals surface area contributed by atoms with Crippen molar-refractivity contribution in [3.63, 3.8) is 0 Å². The van der Waals surface area contributed by atoms with Gasteiger partial charge in [-0.3, -0.25) is 4.79 Å². The zero-order valence-corrected chi connectivity index (χ0v) is 11.5. The fourth-order valence-corrected chi connectivity index (χ4v) is 3.54. The lowest BCUT2D eigenvalue weighted by Gasteiger charge is -2.20. The largest absolute Gasteiger partial charge is 0.356 e. The van der Waals surface area contributed by atoms with Crippen molar-refractivity contribution in [1.82, 2.24) is 5.32 Å². The number of sulfonamides is 1. The molecular formula is C10H20N2O3S2. The molecule has 0 aliphatic carbocycles. The van der Waals surface area contributed by atoms with Crippen LogP contribution in [0.5, 0.6) is 0 Å². The molecule has 0 bridgehead atoms. The molecule has 0 atom stereocenters. The van der Waals surface area contributed by atoms with Crippen molar-refractivity contribution >= 4 is 27.7 Å². The second-order valence-corrected chi connectivity index (χ2v) is 7.29. The first-order chi connectivity index (χ1) is 7.97. The normalized spacial score (nSPS) is 17.9. The molecule has 0 aromatic rings. The predicted octanol–water partition coefficient (Wildman–Crippen LogP) is 0.315. The molecule has 1 saturated heterocycles. The molecule has 0 saturated carbocycles. The topological polar surface area (TPSA) is 89.3 Å². The summed E-state index contributed by atoms with van der Waals surface area (Å²) in [5.74, 6) is 2.73. The van der Waals surface area contributed by atoms with E-state index in [2.05, 4.69) is 5.32 Å². The van der Waals surface area contributed by atoms with Crippen molar-refractivity contribution in [1.29, 1.82) is 0 Å². The molecule has 0 radical (unpaired) electrons. The first-order valence-electron chi connectivity index (χ1n) is 5.82. The Morgan fingerprint density at radius 2 is 2.00 bits per heavy atom. The summed E-state index contributed by atoms with van der Waals surface area (Å²) in [6, 6.07) is 0. The van der Waals surface area contributed by atoms with Gasteiger partial charge in [-0.2, -0.15) is 11.8 Å². The van der Waals surface area contributed by atoms with Gasteiger partial charge in [-0.25, -0.2) is 13.6 Å². The molecule has 0 spiro atoms. The van der Waals surface area contributed by atoms with Crippen molar-refractivity contribution in [3.05, 3.63) is 0 Å². The summed E-state index contributed by atoms with van der Waals surface area (Å²) in [4.78, 5) is 11.5. The van der Waals surface area contributed by atoms with Gasteiger partial charge in [0, 0.05) is 13.0 Å². The van der Waals surface area contributed by atoms with Crippen LogP contribution in [0.15, 0.2) is 0 Å². The molecule has 5 nitrogen and oxygen atoms in total. The van der Waals surface area contributed by atoms with E-state index in [0.717, 1.165) is 24.3 Å². The molecule has 1 heterocycles. The van der Waals surface area contributed by atoms with Gasteiger partial charge in [0.25, 0.3) is 0 Å². The lowest BCUT2D eigenvalue weighted by Crippen LogP contribution is -2.29. The van der Waals surface area contributed by atoms with E-state index in [-0.39, 0.29) is 11.7 Å². The molecular weight excluding hydrogens is 260 g/mol. The van der Waals surface area contributed by atoms with Crippen LogP contribution in [0.3, 0.4) is 0 Å². The van der Waals surface area contributed by atoms with Crippen molar-refractivity contribution in [2.75, 3.05) is 23.8 Å². The quantitative estimate of drug-likeness (QED) is 0.685. The third kappa shape index (κ3) is 7.62. The fourth-order valence-electron chi connectivity index (χ4n) is 1.79. The highest BCUT2D eigenvalue weighted by Gasteiger charge is 2.16. The number of thioether (sulfide) groups is 1. The first kappa shape index (κ1) is 14.8. The van der Waals surface area contributed by atoms with Crippen LogP contribution in [0.1, 0.15) is 25.7 Å². The fraction of sp³-hybridized carbons (Fsp3) is 0.900. The number of hydrogen-bond donors (Lipinski definition) is 2. The number of carbonyl (C=O) groups excluding carboxylic acids is 1. The molecule has 1 fully saturated rings. The van der Waals surface area contributed by atoms with Gasteiger partial charge in [-0.05, 0) is 36.7 Å². The lowest BCUT2D eigenvalue weighted by atomic mass is 9.98. The standard InChI is InChI=1S/C10H20N2O3S2/c11-17(14,15)7-1-4-12-10(13)8-9-2-5-16-6-3-9/h9H,1-8H2,(H,12,13)(H2,11,14,15). The Bertz CT molecular complexity index is 337. The van der Waals surface area contributed by atoms with Crippen molar-refractivity contribution in [2.45, 2.75) is 25.7 Å². The number of hydrogen-bond acceptors (Lipinski definition) is 4. The van der Waals surface area contributed by atoms with Gasteiger partial charge < -0.3 is 5.32 Å². The minimum absolute atomic E-state index is 0.0244. The zero-order valence-electron chi connectivity index (χ0n) is 9.85. The van der Waals surface area contributed by atoms with Crippen molar-refractivity contribution < 1.29 is 13.2 Å². The third-order valence-electron chi connectivity index (χ3n) is 2.74. The van der Waals surface area contributed by atoms with Crippen LogP contribution in [0.2, 0.25) is 0 Å². The Morgan fingerprint density at radius 3 is 2.59 bits per heavy atom. The molecule has 1 aliphatic heterocycles. The van der Waals surface area contributed by atoms with Gasteiger partial charge in [-0.1, -0.05) is 0 Å². The highest BCUT2D eigenvalue weighted by molar-refractivity contribution is 7.99. The lowest BCUT2D eigenvalue weighted by molar-refractivity contribution is -0.122. The van der Waals surface area contributed by atoms with E-state index in [1.54, 1.807) is 0 Å². The van der Waals surface area contributed by atoms with Crippen LogP contribution >= 0.6 is 11.8 Å². The number of amides is 1. The highest BCUT2D eigenvalue weighted by atomic mass is 32.2. The number of carbonyl (C=O) groups is 1. The van der Waals surface area contributed by atoms with Gasteiger partial charge in [-0.15, -0.1) is 0 Å². The molecule has 1 aliphatic rings. The molecule has 1 rings (SSSR count). The minimum atomic E-state index is -3.40. The van der Waals surface area contributed by atoms with Crippen LogP contribution in [-0.4, -0.2) is 38.1 Å². The second-order valence-electron chi connectivity index (χ2n) is 4.33. The molecule has 0 aromatic heterocycles. The van der Waals surface area contributed by atoms with Crippen LogP contribution in [0, 0.1) is 5.92 Å². The molecule has 1 amide bonds. The maximum absolute atomic E-state index is 11.5. The number of nitrogens with one attached hydrogen (secondary N) is 1. The summed E-state index contributed by atoms with van der Waals surface area (Å²) in [6.07, 6.45) is 3.16. The summed E-state index contributed by atoms with van der Waals surface area (Å²) < 4.78 is 21.3. The molecule has 3 N–H and O–H groups in total. The van der Waals surface area contributed by atoms with Crippen LogP contribution in [0.4, 0.5) is 0 Å². The Labute approximate surface area is 107 Å². The molecule has 0 aromatic carbocycles. The van der Waals surface area contributed by atoms with Gasteiger partial charge in [0.1, 0.15) is 0 Å². The average Bonchev–Trinajstić information content (AvgIpc) is 2.25. The summed E-state index contributed by atoms with van der Waals surface area (Å²) in [6.45, 7) is 0.386. The summed E-state index contributed by atoms with van der Waals surface area (Å²) >= 11 is 1.94. The van der Waals surface area contributed by atoms with E-state index in [0.29, 0.717) is 25.3 Å². The van der Waals surface area contributed by atoms with E-state index in [9.17, 15) is 13.2 Å². The van der Waals surface area contributed by atoms with Gasteiger partial charge in [0.15, 0.2) is 0 Å². The van der Waals surface area contributed by atoms with E-state index < -0.39 is 10.0 Å². The highest BCUT2D eigenvalue weighted by Crippen LogP contribution is 2.24. The van der Waals surface area contributed by atoms with Crippen LogP contribution in [-0.2, 0) is 14.8 Å². The average molecular weight is 280 g/mol. The maximum Gasteiger partial charge on any atom is 0.220 e. The van der Waals surface area contributed by atoms with E-state index in [1.807, 2.05) is 11.8 Å². The molecule has 17 heavy (non-hydrogen) atoms. The Morgan fingerprint density at radius 1 is 1.35 bits per heavy atom. The Kier molecular flexibility index (Phi) is 6.29. The SMILES string of the molecule is NS(=O)(=O)CCCNC(=O)CC1CCSCC1. The number of nitrogens with two attached hydrogens (primary N) is 1. The van der Waals surface area contributed by atoms with Crippen LogP contribution in [0.25, 0.3) is 0 Å². The summed E-state index contributed by atoms with van der Waals surface area (Å²) in [5, 5.41) is 7.60. The van der Waals surface area contributed by atoms with E-state index in [4.69, 9.17) is 5.14 Å². The van der Waals surface area contributed by atoms with Crippen LogP contribution < -0.4 is 10.5 Å². The smallest absolute Gasteiger partial charge is 0.220 e. The van der Waals surface area contributed by atoms with Gasteiger partial charge in [0.2, 0.25) is 15.9 Å². The Balaban J connectivity index is 2.08. The van der Waals surface area contributed by atoms with Gasteiger partial charge >= 0.3 is 0 Å². The first-order valence-corrected chi connectivity index (χ1v) is 8.69. The number of rotatable bonds is 6. The molecule has 0 unspecified atom stereocenters. The summed E-state index contributed by atoms with van der Waals surface area (Å²) in [7, 11) is -3.40. The van der Waals surface area contributed by atoms with E-state index in [1.165, 1.54) is 0 Å².